The Hall–Kier alpha value is -5.17. The lowest BCUT2D eigenvalue weighted by atomic mass is 10.00. The van der Waals surface area contributed by atoms with Crippen LogP contribution in [0, 0.1) is 0 Å². The van der Waals surface area contributed by atoms with Crippen LogP contribution in [-0.2, 0) is 14.3 Å². The maximum Gasteiger partial charge on any atom is 0.326 e. The Labute approximate surface area is 226 Å². The number of carbonyl (C=O) groups excluding carboxylic acids is 3. The number of anilines is 3. The number of nitrogens with one attached hydrogen (secondary N) is 2. The average Bonchev–Trinajstić information content (AvgIpc) is 3.31. The highest BCUT2D eigenvalue weighted by atomic mass is 16.5. The quantitative estimate of drug-likeness (QED) is 0.227. The van der Waals surface area contributed by atoms with Gasteiger partial charge in [-0.05, 0) is 55.0 Å². The van der Waals surface area contributed by atoms with Crippen LogP contribution >= 0.6 is 0 Å². The fourth-order valence-corrected chi connectivity index (χ4v) is 4.47. The van der Waals surface area contributed by atoms with Crippen molar-refractivity contribution < 1.29 is 19.1 Å². The molecule has 7 heteroatoms. The molecular formula is C32H27N3O4. The van der Waals surface area contributed by atoms with E-state index in [0.717, 1.165) is 16.8 Å². The fraction of sp³-hybridized carbons (Fsp3) is 0.0938. The van der Waals surface area contributed by atoms with E-state index in [4.69, 9.17) is 4.74 Å². The summed E-state index contributed by atoms with van der Waals surface area (Å²) in [5, 5.41) is 6.36. The van der Waals surface area contributed by atoms with Crippen molar-refractivity contribution in [1.82, 2.24) is 0 Å². The summed E-state index contributed by atoms with van der Waals surface area (Å²) < 4.78 is 5.11. The highest BCUT2D eigenvalue weighted by Crippen LogP contribution is 2.37. The van der Waals surface area contributed by atoms with E-state index in [1.165, 1.54) is 4.90 Å². The van der Waals surface area contributed by atoms with E-state index in [0.29, 0.717) is 28.2 Å². The Morgan fingerprint density at radius 3 is 2.08 bits per heavy atom. The van der Waals surface area contributed by atoms with Gasteiger partial charge in [-0.25, -0.2) is 0 Å². The second kappa shape index (κ2) is 11.5. The van der Waals surface area contributed by atoms with E-state index in [1.54, 1.807) is 43.3 Å². The first kappa shape index (κ1) is 25.5. The van der Waals surface area contributed by atoms with E-state index >= 15 is 0 Å². The molecule has 5 rings (SSSR count). The van der Waals surface area contributed by atoms with Crippen molar-refractivity contribution in [3.63, 3.8) is 0 Å². The first-order chi connectivity index (χ1) is 19.0. The molecule has 0 atom stereocenters. The number of para-hydroxylation sites is 1. The smallest absolute Gasteiger partial charge is 0.326 e. The molecule has 0 saturated heterocycles. The summed E-state index contributed by atoms with van der Waals surface area (Å²) in [7, 11) is 0. The standard InChI is InChI=1S/C32H27N3O4/c1-2-39-28(36)21-35(32(38)23-13-7-4-8-14-23)25-19-17-24(18-20-25)33-30(22-11-5-3-6-12-22)29-26-15-9-10-16-27(26)34-31(29)37/h3-20,33H,2,21H2,1H3,(H,34,37)/b30-29-. The molecule has 0 saturated carbocycles. The van der Waals surface area contributed by atoms with E-state index < -0.39 is 5.97 Å². The van der Waals surface area contributed by atoms with E-state index in [1.807, 2.05) is 72.8 Å². The van der Waals surface area contributed by atoms with E-state index in [-0.39, 0.29) is 25.0 Å². The van der Waals surface area contributed by atoms with Crippen LogP contribution in [0.5, 0.6) is 0 Å². The summed E-state index contributed by atoms with van der Waals surface area (Å²) in [6.07, 6.45) is 0. The Bertz CT molecular complexity index is 1530. The maximum atomic E-state index is 13.3. The van der Waals surface area contributed by atoms with Gasteiger partial charge in [-0.2, -0.15) is 0 Å². The third-order valence-corrected chi connectivity index (χ3v) is 6.29. The molecule has 0 aromatic heterocycles. The topological polar surface area (TPSA) is 87.7 Å². The molecule has 1 heterocycles. The molecule has 0 radical (unpaired) electrons. The van der Waals surface area contributed by atoms with Gasteiger partial charge in [-0.1, -0.05) is 66.7 Å². The molecule has 0 unspecified atom stereocenters. The number of hydrogen-bond donors (Lipinski definition) is 2. The molecule has 4 aromatic rings. The number of ether oxygens (including phenoxy) is 1. The average molecular weight is 518 g/mol. The summed E-state index contributed by atoms with van der Waals surface area (Å²) >= 11 is 0. The van der Waals surface area contributed by atoms with Gasteiger partial charge in [0, 0.05) is 28.2 Å². The van der Waals surface area contributed by atoms with Crippen molar-refractivity contribution in [2.45, 2.75) is 6.92 Å². The predicted molar refractivity (Wildman–Crippen MR) is 153 cm³/mol. The molecule has 7 nitrogen and oxygen atoms in total. The number of amides is 2. The number of benzene rings is 4. The summed E-state index contributed by atoms with van der Waals surface area (Å²) in [5.74, 6) is -0.991. The Morgan fingerprint density at radius 1 is 0.795 bits per heavy atom. The zero-order chi connectivity index (χ0) is 27.2. The first-order valence-corrected chi connectivity index (χ1v) is 12.6. The SMILES string of the molecule is CCOC(=O)CN(C(=O)c1ccccc1)c1ccc(N/C(=C2\C(=O)Nc3ccccc32)c2ccccc2)cc1. The van der Waals surface area contributed by atoms with Crippen molar-refractivity contribution in [2.75, 3.05) is 28.7 Å². The van der Waals surface area contributed by atoms with Crippen molar-refractivity contribution in [3.05, 3.63) is 126 Å². The second-order valence-corrected chi connectivity index (χ2v) is 8.85. The minimum absolute atomic E-state index is 0.187. The van der Waals surface area contributed by atoms with Crippen LogP contribution in [0.3, 0.4) is 0 Å². The molecule has 39 heavy (non-hydrogen) atoms. The third kappa shape index (κ3) is 5.57. The molecular weight excluding hydrogens is 490 g/mol. The fourth-order valence-electron chi connectivity index (χ4n) is 4.47. The number of hydrogen-bond acceptors (Lipinski definition) is 5. The zero-order valence-electron chi connectivity index (χ0n) is 21.4. The minimum Gasteiger partial charge on any atom is -0.465 e. The van der Waals surface area contributed by atoms with Gasteiger partial charge < -0.3 is 15.4 Å². The van der Waals surface area contributed by atoms with E-state index in [2.05, 4.69) is 10.6 Å². The lowest BCUT2D eigenvalue weighted by molar-refractivity contribution is -0.141. The number of fused-ring (bicyclic) bond motifs is 1. The molecule has 0 spiro atoms. The van der Waals surface area contributed by atoms with Gasteiger partial charge in [0.25, 0.3) is 11.8 Å². The van der Waals surface area contributed by atoms with Crippen LogP contribution < -0.4 is 15.5 Å². The maximum absolute atomic E-state index is 13.3. The van der Waals surface area contributed by atoms with Crippen LogP contribution in [0.25, 0.3) is 11.3 Å². The van der Waals surface area contributed by atoms with Gasteiger partial charge in [0.1, 0.15) is 6.54 Å². The van der Waals surface area contributed by atoms with Crippen LogP contribution in [0.4, 0.5) is 17.1 Å². The van der Waals surface area contributed by atoms with Gasteiger partial charge in [0.15, 0.2) is 0 Å². The minimum atomic E-state index is -0.494. The summed E-state index contributed by atoms with van der Waals surface area (Å²) in [6, 6.07) is 33.2. The normalized spacial score (nSPS) is 13.2. The molecule has 2 N–H and O–H groups in total. The molecule has 0 fully saturated rings. The lowest BCUT2D eigenvalue weighted by Crippen LogP contribution is -2.36. The van der Waals surface area contributed by atoms with Gasteiger partial charge in [-0.3, -0.25) is 19.3 Å². The number of carbonyl (C=O) groups is 3. The highest BCUT2D eigenvalue weighted by molar-refractivity contribution is 6.37. The molecule has 2 amide bonds. The molecule has 0 bridgehead atoms. The molecule has 194 valence electrons. The van der Waals surface area contributed by atoms with Crippen LogP contribution in [-0.4, -0.2) is 30.9 Å². The third-order valence-electron chi connectivity index (χ3n) is 6.29. The van der Waals surface area contributed by atoms with Crippen molar-refractivity contribution in [2.24, 2.45) is 0 Å². The predicted octanol–water partition coefficient (Wildman–Crippen LogP) is 5.83. The number of rotatable bonds is 8. The van der Waals surface area contributed by atoms with Gasteiger partial charge in [0.05, 0.1) is 17.9 Å². The van der Waals surface area contributed by atoms with Crippen molar-refractivity contribution in [1.29, 1.82) is 0 Å². The molecule has 4 aromatic carbocycles. The first-order valence-electron chi connectivity index (χ1n) is 12.6. The largest absolute Gasteiger partial charge is 0.465 e. The molecule has 1 aliphatic rings. The Morgan fingerprint density at radius 2 is 1.41 bits per heavy atom. The lowest BCUT2D eigenvalue weighted by Gasteiger charge is -2.23. The van der Waals surface area contributed by atoms with Crippen LogP contribution in [0.15, 0.2) is 109 Å². The van der Waals surface area contributed by atoms with E-state index in [9.17, 15) is 14.4 Å². The van der Waals surface area contributed by atoms with Crippen molar-refractivity contribution in [3.8, 4) is 0 Å². The summed E-state index contributed by atoms with van der Waals surface area (Å²) in [6.45, 7) is 1.73. The van der Waals surface area contributed by atoms with Crippen LogP contribution in [0.1, 0.15) is 28.4 Å². The van der Waals surface area contributed by atoms with Gasteiger partial charge >= 0.3 is 5.97 Å². The highest BCUT2D eigenvalue weighted by Gasteiger charge is 2.28. The summed E-state index contributed by atoms with van der Waals surface area (Å²) in [4.78, 5) is 40.1. The van der Waals surface area contributed by atoms with Crippen molar-refractivity contribution >= 4 is 46.1 Å². The Balaban J connectivity index is 1.49. The monoisotopic (exact) mass is 517 g/mol. The van der Waals surface area contributed by atoms with Gasteiger partial charge in [-0.15, -0.1) is 0 Å². The Kier molecular flexibility index (Phi) is 7.50. The number of nitrogens with zero attached hydrogens (tertiary/aromatic N) is 1. The zero-order valence-corrected chi connectivity index (χ0v) is 21.4. The summed E-state index contributed by atoms with van der Waals surface area (Å²) in [5.41, 5.74) is 5.36. The molecule has 0 aliphatic carbocycles. The van der Waals surface area contributed by atoms with Crippen LogP contribution in [0.2, 0.25) is 0 Å². The molecule has 1 aliphatic heterocycles. The number of esters is 1. The van der Waals surface area contributed by atoms with Gasteiger partial charge in [0.2, 0.25) is 0 Å². The second-order valence-electron chi connectivity index (χ2n) is 8.85.